The zero-order valence-corrected chi connectivity index (χ0v) is 11.4. The zero-order valence-electron chi connectivity index (χ0n) is 10.4. The molecule has 0 nitrogen and oxygen atoms in total. The minimum absolute atomic E-state index is 1.18. The van der Waals surface area contributed by atoms with Gasteiger partial charge in [-0.15, -0.1) is 0 Å². The Kier molecular flexibility index (Phi) is 4.34. The van der Waals surface area contributed by atoms with Crippen molar-refractivity contribution < 1.29 is 0 Å². The summed E-state index contributed by atoms with van der Waals surface area (Å²) in [6.07, 6.45) is 3.61. The molecular formula is C14H22Si. The molecule has 1 aromatic rings. The molecule has 82 valence electrons. The van der Waals surface area contributed by atoms with E-state index in [1.54, 1.807) is 5.19 Å². The Morgan fingerprint density at radius 3 is 2.33 bits per heavy atom. The highest BCUT2D eigenvalue weighted by atomic mass is 28.3. The van der Waals surface area contributed by atoms with Crippen LogP contribution in [0.2, 0.25) is 19.1 Å². The maximum absolute atomic E-state index is 2.45. The van der Waals surface area contributed by atoms with Gasteiger partial charge in [-0.25, -0.2) is 0 Å². The third kappa shape index (κ3) is 3.67. The van der Waals surface area contributed by atoms with Crippen LogP contribution in [0.15, 0.2) is 42.0 Å². The number of hydrogen-bond donors (Lipinski definition) is 0. The summed E-state index contributed by atoms with van der Waals surface area (Å²) >= 11 is 0. The van der Waals surface area contributed by atoms with Crippen LogP contribution in [-0.4, -0.2) is 8.07 Å². The Balaban J connectivity index is 2.76. The molecule has 1 heteroatoms. The lowest BCUT2D eigenvalue weighted by atomic mass is 10.2. The Morgan fingerprint density at radius 1 is 1.20 bits per heavy atom. The summed E-state index contributed by atoms with van der Waals surface area (Å²) in [6.45, 7) is 9.35. The molecule has 0 aliphatic heterocycles. The Morgan fingerprint density at radius 2 is 1.80 bits per heavy atom. The van der Waals surface area contributed by atoms with Crippen LogP contribution in [0.3, 0.4) is 0 Å². The third-order valence-electron chi connectivity index (χ3n) is 3.07. The van der Waals surface area contributed by atoms with Crippen molar-refractivity contribution in [3.05, 3.63) is 42.0 Å². The van der Waals surface area contributed by atoms with E-state index >= 15 is 0 Å². The summed E-state index contributed by atoms with van der Waals surface area (Å²) in [5, 5.41) is 1.56. The molecule has 0 atom stereocenters. The van der Waals surface area contributed by atoms with Crippen molar-refractivity contribution in [3.63, 3.8) is 0 Å². The van der Waals surface area contributed by atoms with E-state index in [4.69, 9.17) is 0 Å². The molecule has 0 amide bonds. The van der Waals surface area contributed by atoms with Crippen LogP contribution in [0.5, 0.6) is 0 Å². The minimum atomic E-state index is -1.23. The lowest BCUT2D eigenvalue weighted by molar-refractivity contribution is 1.09. The zero-order chi connectivity index (χ0) is 11.3. The van der Waals surface area contributed by atoms with E-state index in [0.29, 0.717) is 0 Å². The summed E-state index contributed by atoms with van der Waals surface area (Å²) in [5.41, 5.74) is 1.52. The SMILES string of the molecule is CC/C(C)=C/C[Si](C)(C)c1ccccc1. The lowest BCUT2D eigenvalue weighted by Crippen LogP contribution is -2.40. The maximum Gasteiger partial charge on any atom is 0.0843 e. The van der Waals surface area contributed by atoms with Gasteiger partial charge in [-0.2, -0.15) is 0 Å². The molecule has 0 aliphatic carbocycles. The first-order valence-electron chi connectivity index (χ1n) is 5.77. The highest BCUT2D eigenvalue weighted by Gasteiger charge is 2.21. The monoisotopic (exact) mass is 218 g/mol. The highest BCUT2D eigenvalue weighted by Crippen LogP contribution is 2.13. The molecule has 0 saturated heterocycles. The molecular weight excluding hydrogens is 196 g/mol. The van der Waals surface area contributed by atoms with E-state index < -0.39 is 8.07 Å². The van der Waals surface area contributed by atoms with E-state index in [1.807, 2.05) is 0 Å². The molecule has 1 aromatic carbocycles. The van der Waals surface area contributed by atoms with Gasteiger partial charge in [0.25, 0.3) is 0 Å². The quantitative estimate of drug-likeness (QED) is 0.530. The van der Waals surface area contributed by atoms with Gasteiger partial charge in [0.05, 0.1) is 8.07 Å². The van der Waals surface area contributed by atoms with Crippen LogP contribution in [0.1, 0.15) is 20.3 Å². The predicted molar refractivity (Wildman–Crippen MR) is 72.4 cm³/mol. The van der Waals surface area contributed by atoms with Gasteiger partial charge in [-0.3, -0.25) is 0 Å². The van der Waals surface area contributed by atoms with Crippen LogP contribution < -0.4 is 5.19 Å². The fourth-order valence-corrected chi connectivity index (χ4v) is 3.77. The highest BCUT2D eigenvalue weighted by molar-refractivity contribution is 6.90. The molecule has 1 rings (SSSR count). The topological polar surface area (TPSA) is 0 Å². The molecule has 0 aromatic heterocycles. The average molecular weight is 218 g/mol. The Hall–Kier alpha value is -0.823. The Labute approximate surface area is 95.0 Å². The summed E-state index contributed by atoms with van der Waals surface area (Å²) in [6, 6.07) is 12.2. The van der Waals surface area contributed by atoms with Gasteiger partial charge in [0.1, 0.15) is 0 Å². The predicted octanol–water partition coefficient (Wildman–Crippen LogP) is 3.96. The minimum Gasteiger partial charge on any atom is -0.0880 e. The molecule has 0 heterocycles. The van der Waals surface area contributed by atoms with Crippen LogP contribution in [-0.2, 0) is 0 Å². The first-order chi connectivity index (χ1) is 7.06. The van der Waals surface area contributed by atoms with Crippen molar-refractivity contribution in [2.45, 2.75) is 39.4 Å². The molecule has 0 spiro atoms. The van der Waals surface area contributed by atoms with E-state index in [2.05, 4.69) is 63.3 Å². The van der Waals surface area contributed by atoms with Crippen LogP contribution in [0.4, 0.5) is 0 Å². The first kappa shape index (κ1) is 12.2. The lowest BCUT2D eigenvalue weighted by Gasteiger charge is -2.21. The molecule has 0 saturated carbocycles. The normalized spacial score (nSPS) is 12.9. The molecule has 0 radical (unpaired) electrons. The second-order valence-electron chi connectivity index (χ2n) is 4.86. The van der Waals surface area contributed by atoms with E-state index in [9.17, 15) is 0 Å². The molecule has 0 fully saturated rings. The van der Waals surface area contributed by atoms with Gasteiger partial charge in [0.15, 0.2) is 0 Å². The largest absolute Gasteiger partial charge is 0.0880 e. The molecule has 0 N–H and O–H groups in total. The van der Waals surface area contributed by atoms with Gasteiger partial charge >= 0.3 is 0 Å². The third-order valence-corrected chi connectivity index (χ3v) is 6.19. The number of allylic oxidation sites excluding steroid dienone is 2. The fourth-order valence-electron chi connectivity index (χ4n) is 1.58. The standard InChI is InChI=1S/C14H22Si/c1-5-13(2)11-12-15(3,4)14-9-7-6-8-10-14/h6-11H,5,12H2,1-4H3/b13-11+. The fraction of sp³-hybridized carbons (Fsp3) is 0.429. The Bertz CT molecular complexity index is 322. The molecule has 0 aliphatic rings. The average Bonchev–Trinajstić information content (AvgIpc) is 2.27. The second-order valence-corrected chi connectivity index (χ2v) is 9.61. The van der Waals surface area contributed by atoms with E-state index in [-0.39, 0.29) is 0 Å². The van der Waals surface area contributed by atoms with Crippen molar-refractivity contribution >= 4 is 13.3 Å². The van der Waals surface area contributed by atoms with Crippen LogP contribution in [0.25, 0.3) is 0 Å². The van der Waals surface area contributed by atoms with E-state index in [0.717, 1.165) is 0 Å². The molecule has 0 unspecified atom stereocenters. The van der Waals surface area contributed by atoms with Crippen molar-refractivity contribution in [1.82, 2.24) is 0 Å². The van der Waals surface area contributed by atoms with Crippen molar-refractivity contribution in [2.75, 3.05) is 0 Å². The summed E-state index contributed by atoms with van der Waals surface area (Å²) in [4.78, 5) is 0. The van der Waals surface area contributed by atoms with E-state index in [1.165, 1.54) is 18.0 Å². The van der Waals surface area contributed by atoms with Gasteiger partial charge < -0.3 is 0 Å². The number of rotatable bonds is 4. The van der Waals surface area contributed by atoms with Crippen molar-refractivity contribution in [2.24, 2.45) is 0 Å². The van der Waals surface area contributed by atoms with Crippen molar-refractivity contribution in [3.8, 4) is 0 Å². The maximum atomic E-state index is 2.45. The van der Waals surface area contributed by atoms with Gasteiger partial charge in [-0.05, 0) is 19.4 Å². The number of benzene rings is 1. The van der Waals surface area contributed by atoms with Crippen molar-refractivity contribution in [1.29, 1.82) is 0 Å². The van der Waals surface area contributed by atoms with Gasteiger partial charge in [0.2, 0.25) is 0 Å². The summed E-state index contributed by atoms with van der Waals surface area (Å²) in [5.74, 6) is 0. The second kappa shape index (κ2) is 5.31. The van der Waals surface area contributed by atoms with Gasteiger partial charge in [0, 0.05) is 0 Å². The summed E-state index contributed by atoms with van der Waals surface area (Å²) in [7, 11) is -1.23. The first-order valence-corrected chi connectivity index (χ1v) is 8.98. The van der Waals surface area contributed by atoms with Crippen LogP contribution >= 0.6 is 0 Å². The van der Waals surface area contributed by atoms with Crippen LogP contribution in [0, 0.1) is 0 Å². The number of hydrogen-bond acceptors (Lipinski definition) is 0. The summed E-state index contributed by atoms with van der Waals surface area (Å²) < 4.78 is 0. The smallest absolute Gasteiger partial charge is 0.0843 e. The molecule has 0 bridgehead atoms. The van der Waals surface area contributed by atoms with Gasteiger partial charge in [-0.1, -0.05) is 67.2 Å². The molecule has 15 heavy (non-hydrogen) atoms.